The van der Waals surface area contributed by atoms with Crippen LogP contribution in [-0.2, 0) is 0 Å². The van der Waals surface area contributed by atoms with Gasteiger partial charge in [-0.25, -0.2) is 0 Å². The lowest BCUT2D eigenvalue weighted by Gasteiger charge is -2.06. The van der Waals surface area contributed by atoms with Crippen molar-refractivity contribution in [3.05, 3.63) is 11.6 Å². The van der Waals surface area contributed by atoms with E-state index < -0.39 is 6.10 Å². The second-order valence-corrected chi connectivity index (χ2v) is 2.51. The maximum absolute atomic E-state index is 9.35. The lowest BCUT2D eigenvalue weighted by molar-refractivity contribution is 0.201. The lowest BCUT2D eigenvalue weighted by Crippen LogP contribution is -2.08. The smallest absolute Gasteiger partial charge is 0.0971 e. The molecular weight excluding hydrogens is 138 g/mol. The van der Waals surface area contributed by atoms with E-state index in [1.807, 2.05) is 6.07 Å². The average Bonchev–Trinajstić information content (AvgIpc) is 2.03. The van der Waals surface area contributed by atoms with Crippen molar-refractivity contribution in [2.75, 3.05) is 0 Å². The molecule has 0 aliphatic carbocycles. The molecule has 0 fully saturated rings. The van der Waals surface area contributed by atoms with Gasteiger partial charge in [-0.2, -0.15) is 5.26 Å². The summed E-state index contributed by atoms with van der Waals surface area (Å²) in [4.78, 5) is 0. The minimum atomic E-state index is -0.551. The third-order valence-electron chi connectivity index (χ3n) is 1.63. The molecule has 1 unspecified atom stereocenters. The summed E-state index contributed by atoms with van der Waals surface area (Å²) in [7, 11) is 0. The second-order valence-electron chi connectivity index (χ2n) is 2.51. The van der Waals surface area contributed by atoms with Crippen molar-refractivity contribution in [2.24, 2.45) is 0 Å². The topological polar surface area (TPSA) is 44.0 Å². The molecule has 0 aromatic heterocycles. The van der Waals surface area contributed by atoms with E-state index in [-0.39, 0.29) is 0 Å². The van der Waals surface area contributed by atoms with Crippen LogP contribution in [0.5, 0.6) is 0 Å². The van der Waals surface area contributed by atoms with Crippen LogP contribution in [0.3, 0.4) is 0 Å². The van der Waals surface area contributed by atoms with Gasteiger partial charge < -0.3 is 5.11 Å². The minimum Gasteiger partial charge on any atom is -0.388 e. The highest BCUT2D eigenvalue weighted by molar-refractivity contribution is 5.23. The van der Waals surface area contributed by atoms with Gasteiger partial charge in [0.05, 0.1) is 17.7 Å². The Hall–Kier alpha value is -0.810. The number of aliphatic hydroxyl groups is 1. The van der Waals surface area contributed by atoms with E-state index in [0.717, 1.165) is 12.8 Å². The van der Waals surface area contributed by atoms with Gasteiger partial charge in [0.15, 0.2) is 0 Å². The molecule has 62 valence electrons. The number of allylic oxidation sites excluding steroid dienone is 1. The van der Waals surface area contributed by atoms with Crippen LogP contribution >= 0.6 is 0 Å². The van der Waals surface area contributed by atoms with E-state index in [2.05, 4.69) is 6.92 Å². The van der Waals surface area contributed by atoms with Gasteiger partial charge >= 0.3 is 0 Å². The molecule has 0 aromatic rings. The molecular formula is C9H15NO. The van der Waals surface area contributed by atoms with Crippen LogP contribution in [0.25, 0.3) is 0 Å². The molecule has 0 radical (unpaired) electrons. The molecule has 2 heteroatoms. The Morgan fingerprint density at radius 2 is 2.36 bits per heavy atom. The summed E-state index contributed by atoms with van der Waals surface area (Å²) in [5.41, 5.74) is 0.485. The zero-order valence-electron chi connectivity index (χ0n) is 7.17. The predicted molar refractivity (Wildman–Crippen MR) is 44.9 cm³/mol. The number of hydrogen-bond donors (Lipinski definition) is 1. The van der Waals surface area contributed by atoms with Crippen LogP contribution in [-0.4, -0.2) is 11.2 Å². The van der Waals surface area contributed by atoms with Crippen molar-refractivity contribution >= 4 is 0 Å². The van der Waals surface area contributed by atoms with Crippen molar-refractivity contribution in [1.82, 2.24) is 0 Å². The average molecular weight is 153 g/mol. The normalized spacial score (nSPS) is 14.2. The Morgan fingerprint density at radius 1 is 1.73 bits per heavy atom. The third-order valence-corrected chi connectivity index (χ3v) is 1.63. The molecule has 0 rings (SSSR count). The van der Waals surface area contributed by atoms with Crippen molar-refractivity contribution < 1.29 is 5.11 Å². The number of nitrogens with zero attached hydrogens (tertiary/aromatic N) is 1. The van der Waals surface area contributed by atoms with E-state index in [0.29, 0.717) is 12.0 Å². The highest BCUT2D eigenvalue weighted by Crippen LogP contribution is 2.08. The summed E-state index contributed by atoms with van der Waals surface area (Å²) < 4.78 is 0. The highest BCUT2D eigenvalue weighted by atomic mass is 16.3. The molecule has 0 spiro atoms. The maximum Gasteiger partial charge on any atom is 0.0971 e. The van der Waals surface area contributed by atoms with E-state index >= 15 is 0 Å². The van der Waals surface area contributed by atoms with Gasteiger partial charge in [-0.15, -0.1) is 0 Å². The molecule has 0 bridgehead atoms. The van der Waals surface area contributed by atoms with Crippen molar-refractivity contribution in [3.63, 3.8) is 0 Å². The molecule has 1 atom stereocenters. The van der Waals surface area contributed by atoms with E-state index in [9.17, 15) is 5.11 Å². The maximum atomic E-state index is 9.35. The molecule has 0 aliphatic heterocycles. The number of unbranched alkanes of at least 4 members (excludes halogenated alkanes) is 1. The predicted octanol–water partition coefficient (Wildman–Crippen LogP) is 2.01. The fraction of sp³-hybridized carbons (Fsp3) is 0.667. The first-order valence-electron chi connectivity index (χ1n) is 4.00. The molecule has 11 heavy (non-hydrogen) atoms. The van der Waals surface area contributed by atoms with Crippen LogP contribution in [0.1, 0.15) is 33.1 Å². The number of hydrogen-bond acceptors (Lipinski definition) is 2. The van der Waals surface area contributed by atoms with Crippen LogP contribution in [0.2, 0.25) is 0 Å². The fourth-order valence-electron chi connectivity index (χ4n) is 0.884. The molecule has 0 saturated heterocycles. The molecule has 0 amide bonds. The van der Waals surface area contributed by atoms with Crippen molar-refractivity contribution in [1.29, 1.82) is 5.26 Å². The third kappa shape index (κ3) is 3.79. The van der Waals surface area contributed by atoms with E-state index in [4.69, 9.17) is 5.26 Å². The van der Waals surface area contributed by atoms with Crippen molar-refractivity contribution in [3.8, 4) is 6.07 Å². The molecule has 0 aliphatic rings. The Morgan fingerprint density at radius 3 is 2.73 bits per heavy atom. The van der Waals surface area contributed by atoms with Crippen LogP contribution in [0.4, 0.5) is 0 Å². The first-order valence-corrected chi connectivity index (χ1v) is 4.00. The van der Waals surface area contributed by atoms with E-state index in [1.54, 1.807) is 13.0 Å². The Kier molecular flexibility index (Phi) is 5.50. The van der Waals surface area contributed by atoms with Gasteiger partial charge in [-0.1, -0.05) is 25.8 Å². The summed E-state index contributed by atoms with van der Waals surface area (Å²) >= 11 is 0. The SMILES string of the molecule is C/C=C(/C#N)C(O)CCCC. The number of aliphatic hydroxyl groups excluding tert-OH is 1. The van der Waals surface area contributed by atoms with Gasteiger partial charge in [0.2, 0.25) is 0 Å². The lowest BCUT2D eigenvalue weighted by atomic mass is 10.1. The van der Waals surface area contributed by atoms with Crippen LogP contribution < -0.4 is 0 Å². The van der Waals surface area contributed by atoms with Gasteiger partial charge in [-0.05, 0) is 13.3 Å². The largest absolute Gasteiger partial charge is 0.388 e. The van der Waals surface area contributed by atoms with Crippen LogP contribution in [0.15, 0.2) is 11.6 Å². The summed E-state index contributed by atoms with van der Waals surface area (Å²) in [6.45, 7) is 3.84. The number of rotatable bonds is 4. The van der Waals surface area contributed by atoms with Crippen molar-refractivity contribution in [2.45, 2.75) is 39.2 Å². The quantitative estimate of drug-likeness (QED) is 0.628. The monoisotopic (exact) mass is 153 g/mol. The van der Waals surface area contributed by atoms with Gasteiger partial charge in [0.25, 0.3) is 0 Å². The standard InChI is InChI=1S/C9H15NO/c1-3-5-6-9(11)8(4-2)7-10/h4,9,11H,3,5-6H2,1-2H3/b8-4-. The number of nitriles is 1. The highest BCUT2D eigenvalue weighted by Gasteiger charge is 2.07. The summed E-state index contributed by atoms with van der Waals surface area (Å²) in [5.74, 6) is 0. The Balaban J connectivity index is 3.83. The van der Waals surface area contributed by atoms with Gasteiger partial charge in [-0.3, -0.25) is 0 Å². The van der Waals surface area contributed by atoms with E-state index in [1.165, 1.54) is 0 Å². The summed E-state index contributed by atoms with van der Waals surface area (Å²) in [6, 6.07) is 1.97. The van der Waals surface area contributed by atoms with Crippen LogP contribution in [0, 0.1) is 11.3 Å². The van der Waals surface area contributed by atoms with Gasteiger partial charge in [0, 0.05) is 0 Å². The fourth-order valence-corrected chi connectivity index (χ4v) is 0.884. The minimum absolute atomic E-state index is 0.485. The molecule has 2 nitrogen and oxygen atoms in total. The molecule has 0 saturated carbocycles. The molecule has 0 aromatic carbocycles. The second kappa shape index (κ2) is 5.94. The van der Waals surface area contributed by atoms with Gasteiger partial charge in [0.1, 0.15) is 0 Å². The summed E-state index contributed by atoms with van der Waals surface area (Å²) in [5, 5.41) is 17.9. The zero-order valence-corrected chi connectivity index (χ0v) is 7.17. The Bertz CT molecular complexity index is 167. The summed E-state index contributed by atoms with van der Waals surface area (Å²) in [6.07, 6.45) is 3.84. The molecule has 1 N–H and O–H groups in total. The Labute approximate surface area is 68.2 Å². The molecule has 0 heterocycles. The first-order chi connectivity index (χ1) is 5.26. The first kappa shape index (κ1) is 10.2. The zero-order chi connectivity index (χ0) is 8.69.